The Balaban J connectivity index is 1.81. The third kappa shape index (κ3) is 3.38. The van der Waals surface area contributed by atoms with E-state index in [2.05, 4.69) is 5.10 Å². The number of aryl methyl sites for hydroxylation is 1. The SMILES string of the molecule is Cc1ccc(-n2cc(S(=O)(=O)N(C)CC3(O)CCCC3)cn2)cc1. The summed E-state index contributed by atoms with van der Waals surface area (Å²) in [5, 5.41) is 14.6. The zero-order chi connectivity index (χ0) is 17.4. The highest BCUT2D eigenvalue weighted by Gasteiger charge is 2.36. The van der Waals surface area contributed by atoms with Gasteiger partial charge in [-0.2, -0.15) is 9.40 Å². The molecule has 2 aromatic rings. The number of rotatable bonds is 5. The lowest BCUT2D eigenvalue weighted by Crippen LogP contribution is -2.41. The van der Waals surface area contributed by atoms with Gasteiger partial charge in [0.25, 0.3) is 0 Å². The van der Waals surface area contributed by atoms with Crippen LogP contribution in [0.1, 0.15) is 31.2 Å². The minimum absolute atomic E-state index is 0.116. The van der Waals surface area contributed by atoms with Crippen LogP contribution in [0, 0.1) is 6.92 Å². The molecule has 3 rings (SSSR count). The number of hydrogen-bond donors (Lipinski definition) is 1. The third-order valence-electron chi connectivity index (χ3n) is 4.62. The summed E-state index contributed by atoms with van der Waals surface area (Å²) in [4.78, 5) is 0.132. The Morgan fingerprint density at radius 2 is 1.88 bits per heavy atom. The molecule has 0 spiro atoms. The van der Waals surface area contributed by atoms with Crippen molar-refractivity contribution in [3.8, 4) is 5.69 Å². The second-order valence-electron chi connectivity index (χ2n) is 6.65. The molecule has 24 heavy (non-hydrogen) atoms. The van der Waals surface area contributed by atoms with Gasteiger partial charge in [-0.3, -0.25) is 0 Å². The van der Waals surface area contributed by atoms with Crippen LogP contribution in [0.25, 0.3) is 5.69 Å². The maximum atomic E-state index is 12.7. The number of aromatic nitrogens is 2. The number of nitrogens with zero attached hydrogens (tertiary/aromatic N) is 3. The van der Waals surface area contributed by atoms with Crippen LogP contribution in [0.4, 0.5) is 0 Å². The Labute approximate surface area is 142 Å². The molecule has 0 atom stereocenters. The Kier molecular flexibility index (Phi) is 4.50. The summed E-state index contributed by atoms with van der Waals surface area (Å²) < 4.78 is 28.2. The van der Waals surface area contributed by atoms with E-state index in [9.17, 15) is 13.5 Å². The third-order valence-corrected chi connectivity index (χ3v) is 6.37. The molecule has 0 aliphatic heterocycles. The monoisotopic (exact) mass is 349 g/mol. The van der Waals surface area contributed by atoms with E-state index in [1.54, 1.807) is 4.68 Å². The molecular weight excluding hydrogens is 326 g/mol. The van der Waals surface area contributed by atoms with Crippen molar-refractivity contribution in [3.63, 3.8) is 0 Å². The maximum Gasteiger partial charge on any atom is 0.246 e. The average molecular weight is 349 g/mol. The van der Waals surface area contributed by atoms with Crippen LogP contribution < -0.4 is 0 Å². The normalized spacial score (nSPS) is 17.5. The summed E-state index contributed by atoms with van der Waals surface area (Å²) in [6.45, 7) is 2.11. The van der Waals surface area contributed by atoms with Crippen molar-refractivity contribution in [2.45, 2.75) is 43.1 Å². The van der Waals surface area contributed by atoms with Crippen molar-refractivity contribution >= 4 is 10.0 Å². The molecule has 1 aliphatic carbocycles. The maximum absolute atomic E-state index is 12.7. The van der Waals surface area contributed by atoms with Gasteiger partial charge in [-0.1, -0.05) is 30.5 Å². The van der Waals surface area contributed by atoms with E-state index < -0.39 is 15.6 Å². The molecule has 1 N–H and O–H groups in total. The molecule has 1 aromatic heterocycles. The number of hydrogen-bond acceptors (Lipinski definition) is 4. The molecule has 0 amide bonds. The van der Waals surface area contributed by atoms with Gasteiger partial charge in [0.05, 0.1) is 23.7 Å². The molecule has 1 heterocycles. The van der Waals surface area contributed by atoms with Crippen LogP contribution in [0.3, 0.4) is 0 Å². The highest BCUT2D eigenvalue weighted by atomic mass is 32.2. The predicted molar refractivity (Wildman–Crippen MR) is 91.5 cm³/mol. The number of aliphatic hydroxyl groups is 1. The molecule has 0 bridgehead atoms. The van der Waals surface area contributed by atoms with Gasteiger partial charge in [0.2, 0.25) is 10.0 Å². The van der Waals surface area contributed by atoms with Crippen LogP contribution in [-0.4, -0.2) is 46.8 Å². The van der Waals surface area contributed by atoms with E-state index in [1.165, 1.54) is 23.7 Å². The fourth-order valence-electron chi connectivity index (χ4n) is 3.15. The lowest BCUT2D eigenvalue weighted by Gasteiger charge is -2.27. The van der Waals surface area contributed by atoms with Crippen molar-refractivity contribution in [2.24, 2.45) is 0 Å². The lowest BCUT2D eigenvalue weighted by molar-refractivity contribution is 0.0333. The molecule has 1 fully saturated rings. The Morgan fingerprint density at radius 3 is 2.50 bits per heavy atom. The molecule has 130 valence electrons. The second kappa shape index (κ2) is 6.31. The lowest BCUT2D eigenvalue weighted by atomic mass is 10.0. The van der Waals surface area contributed by atoms with Crippen molar-refractivity contribution in [1.29, 1.82) is 0 Å². The van der Waals surface area contributed by atoms with Gasteiger partial charge in [0.15, 0.2) is 0 Å². The summed E-state index contributed by atoms with van der Waals surface area (Å²) in [5.74, 6) is 0. The second-order valence-corrected chi connectivity index (χ2v) is 8.69. The summed E-state index contributed by atoms with van der Waals surface area (Å²) in [6.07, 6.45) is 6.04. The van der Waals surface area contributed by atoms with E-state index in [0.717, 1.165) is 24.1 Å². The zero-order valence-corrected chi connectivity index (χ0v) is 14.8. The first-order valence-corrected chi connectivity index (χ1v) is 9.55. The van der Waals surface area contributed by atoms with Gasteiger partial charge >= 0.3 is 0 Å². The van der Waals surface area contributed by atoms with Gasteiger partial charge in [-0.25, -0.2) is 13.1 Å². The molecule has 0 unspecified atom stereocenters. The highest BCUT2D eigenvalue weighted by molar-refractivity contribution is 7.89. The van der Waals surface area contributed by atoms with Crippen LogP contribution in [0.5, 0.6) is 0 Å². The number of benzene rings is 1. The smallest absolute Gasteiger partial charge is 0.246 e. The number of sulfonamides is 1. The van der Waals surface area contributed by atoms with E-state index in [4.69, 9.17) is 0 Å². The topological polar surface area (TPSA) is 75.4 Å². The molecule has 1 aromatic carbocycles. The molecule has 6 nitrogen and oxygen atoms in total. The summed E-state index contributed by atoms with van der Waals surface area (Å²) >= 11 is 0. The Bertz CT molecular complexity index is 806. The molecule has 0 radical (unpaired) electrons. The van der Waals surface area contributed by atoms with E-state index >= 15 is 0 Å². The van der Waals surface area contributed by atoms with E-state index in [1.807, 2.05) is 31.2 Å². The van der Waals surface area contributed by atoms with Crippen molar-refractivity contribution in [3.05, 3.63) is 42.2 Å². The molecule has 1 saturated carbocycles. The first kappa shape index (κ1) is 17.1. The van der Waals surface area contributed by atoms with Crippen molar-refractivity contribution in [1.82, 2.24) is 14.1 Å². The molecule has 0 saturated heterocycles. The fraction of sp³-hybridized carbons (Fsp3) is 0.471. The highest BCUT2D eigenvalue weighted by Crippen LogP contribution is 2.31. The first-order chi connectivity index (χ1) is 11.3. The Morgan fingerprint density at radius 1 is 1.25 bits per heavy atom. The largest absolute Gasteiger partial charge is 0.389 e. The molecular formula is C17H23N3O3S. The van der Waals surface area contributed by atoms with Crippen LogP contribution in [-0.2, 0) is 10.0 Å². The van der Waals surface area contributed by atoms with Crippen molar-refractivity contribution < 1.29 is 13.5 Å². The van der Waals surface area contributed by atoms with Crippen molar-refractivity contribution in [2.75, 3.05) is 13.6 Å². The zero-order valence-electron chi connectivity index (χ0n) is 14.0. The van der Waals surface area contributed by atoms with Crippen LogP contribution >= 0.6 is 0 Å². The van der Waals surface area contributed by atoms with E-state index in [0.29, 0.717) is 12.8 Å². The molecule has 1 aliphatic rings. The summed E-state index contributed by atoms with van der Waals surface area (Å²) in [5.41, 5.74) is 1.02. The molecule has 7 heteroatoms. The standard InChI is InChI=1S/C17H23N3O3S/c1-14-5-7-15(8-6-14)20-12-16(11-18-20)24(22,23)19(2)13-17(21)9-3-4-10-17/h5-8,11-12,21H,3-4,9-10,13H2,1-2H3. The van der Waals surface area contributed by atoms with Gasteiger partial charge < -0.3 is 5.11 Å². The first-order valence-electron chi connectivity index (χ1n) is 8.11. The van der Waals surface area contributed by atoms with E-state index in [-0.39, 0.29) is 11.4 Å². The van der Waals surface area contributed by atoms with Gasteiger partial charge in [0, 0.05) is 13.6 Å². The Hall–Kier alpha value is -1.70. The minimum Gasteiger partial charge on any atom is -0.389 e. The predicted octanol–water partition coefficient (Wildman–Crippen LogP) is 2.11. The summed E-state index contributed by atoms with van der Waals surface area (Å²) in [7, 11) is -2.16. The summed E-state index contributed by atoms with van der Waals surface area (Å²) in [6, 6.07) is 7.69. The van der Waals surface area contributed by atoms with Gasteiger partial charge in [-0.05, 0) is 31.9 Å². The van der Waals surface area contributed by atoms with Crippen LogP contribution in [0.15, 0.2) is 41.6 Å². The van der Waals surface area contributed by atoms with Gasteiger partial charge in [0.1, 0.15) is 4.90 Å². The van der Waals surface area contributed by atoms with Crippen LogP contribution in [0.2, 0.25) is 0 Å². The number of likely N-dealkylation sites (N-methyl/N-ethyl adjacent to an activating group) is 1. The minimum atomic E-state index is -3.67. The quantitative estimate of drug-likeness (QED) is 0.897. The van der Waals surface area contributed by atoms with Gasteiger partial charge in [-0.15, -0.1) is 0 Å². The average Bonchev–Trinajstić information content (AvgIpc) is 3.17. The fourth-order valence-corrected chi connectivity index (χ4v) is 4.33.